The second-order valence-electron chi connectivity index (χ2n) is 6.53. The Labute approximate surface area is 145 Å². The highest BCUT2D eigenvalue weighted by Gasteiger charge is 2.25. The maximum atomic E-state index is 12.2. The number of nitrogens with one attached hydrogen (secondary N) is 1. The van der Waals surface area contributed by atoms with Gasteiger partial charge in [-0.1, -0.05) is 50.6 Å². The van der Waals surface area contributed by atoms with Gasteiger partial charge in [0, 0.05) is 13.1 Å². The molecule has 5 nitrogen and oxygen atoms in total. The Morgan fingerprint density at radius 1 is 1.42 bits per heavy atom. The van der Waals surface area contributed by atoms with Gasteiger partial charge in [-0.15, -0.1) is 0 Å². The molecule has 134 valence electrons. The maximum absolute atomic E-state index is 12.2. The Morgan fingerprint density at radius 2 is 2.21 bits per heavy atom. The quantitative estimate of drug-likeness (QED) is 0.794. The first-order valence-corrected chi connectivity index (χ1v) is 8.97. The average Bonchev–Trinajstić information content (AvgIpc) is 2.61. The van der Waals surface area contributed by atoms with Gasteiger partial charge in [0.2, 0.25) is 0 Å². The zero-order valence-electron chi connectivity index (χ0n) is 14.9. The summed E-state index contributed by atoms with van der Waals surface area (Å²) in [5.74, 6) is 0.672. The first-order chi connectivity index (χ1) is 11.7. The topological polar surface area (TPSA) is 50.8 Å². The van der Waals surface area contributed by atoms with E-state index >= 15 is 0 Å². The fourth-order valence-corrected chi connectivity index (χ4v) is 2.90. The molecule has 0 bridgehead atoms. The lowest BCUT2D eigenvalue weighted by Gasteiger charge is -2.32. The molecule has 1 aliphatic rings. The number of carbonyl (C=O) groups is 1. The molecular weight excluding hydrogens is 304 g/mol. The third-order valence-corrected chi connectivity index (χ3v) is 4.25. The van der Waals surface area contributed by atoms with Crippen molar-refractivity contribution >= 4 is 6.09 Å². The van der Waals surface area contributed by atoms with Gasteiger partial charge < -0.3 is 19.7 Å². The first-order valence-electron chi connectivity index (χ1n) is 8.97. The van der Waals surface area contributed by atoms with Gasteiger partial charge in [-0.25, -0.2) is 4.79 Å². The molecule has 5 heteroatoms. The van der Waals surface area contributed by atoms with E-state index in [1.807, 2.05) is 30.3 Å². The molecule has 1 heterocycles. The molecule has 1 saturated heterocycles. The number of hydrogen-bond donors (Lipinski definition) is 1. The summed E-state index contributed by atoms with van der Waals surface area (Å²) in [4.78, 5) is 14.0. The van der Waals surface area contributed by atoms with E-state index in [9.17, 15) is 4.79 Å². The second kappa shape index (κ2) is 10.3. The van der Waals surface area contributed by atoms with Gasteiger partial charge in [0.25, 0.3) is 0 Å². The Morgan fingerprint density at radius 3 is 2.96 bits per heavy atom. The van der Waals surface area contributed by atoms with Crippen molar-refractivity contribution in [2.45, 2.75) is 39.4 Å². The normalized spacial score (nSPS) is 19.1. The smallest absolute Gasteiger partial charge is 0.410 e. The third-order valence-electron chi connectivity index (χ3n) is 4.25. The highest BCUT2D eigenvalue weighted by molar-refractivity contribution is 5.67. The molecule has 0 saturated carbocycles. The largest absolute Gasteiger partial charge is 0.445 e. The summed E-state index contributed by atoms with van der Waals surface area (Å²) >= 11 is 0. The van der Waals surface area contributed by atoms with E-state index in [0.717, 1.165) is 18.7 Å². The molecule has 2 atom stereocenters. The van der Waals surface area contributed by atoms with E-state index in [2.05, 4.69) is 19.2 Å². The molecule has 2 rings (SSSR count). The lowest BCUT2D eigenvalue weighted by atomic mass is 10.1. The van der Waals surface area contributed by atoms with Gasteiger partial charge in [0.05, 0.1) is 19.3 Å². The number of hydrogen-bond acceptors (Lipinski definition) is 4. The summed E-state index contributed by atoms with van der Waals surface area (Å²) in [5, 5.41) is 3.45. The summed E-state index contributed by atoms with van der Waals surface area (Å²) in [5.41, 5.74) is 1.00. The van der Waals surface area contributed by atoms with E-state index in [-0.39, 0.29) is 12.2 Å². The SMILES string of the molecule is CCCC(C)CNCC1CN(C(=O)OCc2ccccc2)CCO1. The van der Waals surface area contributed by atoms with Crippen LogP contribution in [0.5, 0.6) is 0 Å². The van der Waals surface area contributed by atoms with E-state index in [0.29, 0.717) is 32.2 Å². The number of morpholine rings is 1. The lowest BCUT2D eigenvalue weighted by Crippen LogP contribution is -2.49. The van der Waals surface area contributed by atoms with Crippen LogP contribution in [0.15, 0.2) is 30.3 Å². The zero-order valence-corrected chi connectivity index (χ0v) is 14.9. The molecule has 2 unspecified atom stereocenters. The standard InChI is InChI=1S/C19H30N2O3/c1-3-7-16(2)12-20-13-18-14-21(10-11-23-18)19(22)24-15-17-8-5-4-6-9-17/h4-6,8-9,16,18,20H,3,7,10-15H2,1-2H3. The van der Waals surface area contributed by atoms with Crippen LogP contribution in [0, 0.1) is 5.92 Å². The number of rotatable bonds is 8. The Hall–Kier alpha value is -1.59. The first kappa shape index (κ1) is 18.7. The Bertz CT molecular complexity index is 481. The van der Waals surface area contributed by atoms with Crippen LogP contribution in [-0.4, -0.2) is 49.9 Å². The van der Waals surface area contributed by atoms with Crippen LogP contribution in [-0.2, 0) is 16.1 Å². The number of benzene rings is 1. The molecule has 0 radical (unpaired) electrons. The molecule has 0 aromatic heterocycles. The van der Waals surface area contributed by atoms with Gasteiger partial charge in [0.15, 0.2) is 0 Å². The van der Waals surface area contributed by atoms with Crippen molar-refractivity contribution in [3.05, 3.63) is 35.9 Å². The fraction of sp³-hybridized carbons (Fsp3) is 0.632. The third kappa shape index (κ3) is 6.49. The van der Waals surface area contributed by atoms with Crippen molar-refractivity contribution in [2.75, 3.05) is 32.8 Å². The molecule has 1 aliphatic heterocycles. The molecule has 1 amide bonds. The lowest BCUT2D eigenvalue weighted by molar-refractivity contribution is -0.0272. The molecular formula is C19H30N2O3. The Balaban J connectivity index is 1.68. The van der Waals surface area contributed by atoms with Crippen LogP contribution in [0.3, 0.4) is 0 Å². The van der Waals surface area contributed by atoms with Crippen molar-refractivity contribution in [3.63, 3.8) is 0 Å². The minimum absolute atomic E-state index is 0.0388. The molecule has 0 spiro atoms. The van der Waals surface area contributed by atoms with Crippen LogP contribution in [0.25, 0.3) is 0 Å². The number of nitrogens with zero attached hydrogens (tertiary/aromatic N) is 1. The molecule has 1 N–H and O–H groups in total. The summed E-state index contributed by atoms with van der Waals surface area (Å²) < 4.78 is 11.2. The summed E-state index contributed by atoms with van der Waals surface area (Å²) in [6, 6.07) is 9.75. The summed E-state index contributed by atoms with van der Waals surface area (Å²) in [6.07, 6.45) is 2.23. The monoisotopic (exact) mass is 334 g/mol. The number of ether oxygens (including phenoxy) is 2. The van der Waals surface area contributed by atoms with E-state index < -0.39 is 0 Å². The minimum atomic E-state index is -0.258. The summed E-state index contributed by atoms with van der Waals surface area (Å²) in [6.45, 7) is 8.29. The second-order valence-corrected chi connectivity index (χ2v) is 6.53. The van der Waals surface area contributed by atoms with Crippen molar-refractivity contribution in [2.24, 2.45) is 5.92 Å². The predicted molar refractivity (Wildman–Crippen MR) is 94.9 cm³/mol. The molecule has 1 aromatic carbocycles. The van der Waals surface area contributed by atoms with E-state index in [1.165, 1.54) is 12.8 Å². The van der Waals surface area contributed by atoms with Crippen LogP contribution >= 0.6 is 0 Å². The Kier molecular flexibility index (Phi) is 8.05. The van der Waals surface area contributed by atoms with Crippen molar-refractivity contribution in [3.8, 4) is 0 Å². The van der Waals surface area contributed by atoms with Crippen LogP contribution < -0.4 is 5.32 Å². The molecule has 24 heavy (non-hydrogen) atoms. The number of carbonyl (C=O) groups excluding carboxylic acids is 1. The highest BCUT2D eigenvalue weighted by Crippen LogP contribution is 2.09. The van der Waals surface area contributed by atoms with Crippen LogP contribution in [0.4, 0.5) is 4.79 Å². The van der Waals surface area contributed by atoms with Gasteiger partial charge in [-0.2, -0.15) is 0 Å². The van der Waals surface area contributed by atoms with Gasteiger partial charge in [-0.05, 0) is 24.4 Å². The minimum Gasteiger partial charge on any atom is -0.445 e. The van der Waals surface area contributed by atoms with Crippen molar-refractivity contribution in [1.29, 1.82) is 0 Å². The van der Waals surface area contributed by atoms with E-state index in [1.54, 1.807) is 4.90 Å². The highest BCUT2D eigenvalue weighted by atomic mass is 16.6. The zero-order chi connectivity index (χ0) is 17.2. The van der Waals surface area contributed by atoms with Crippen LogP contribution in [0.1, 0.15) is 32.3 Å². The van der Waals surface area contributed by atoms with Crippen molar-refractivity contribution in [1.82, 2.24) is 10.2 Å². The van der Waals surface area contributed by atoms with E-state index in [4.69, 9.17) is 9.47 Å². The predicted octanol–water partition coefficient (Wildman–Crippen LogP) is 3.05. The molecule has 1 fully saturated rings. The van der Waals surface area contributed by atoms with Gasteiger partial charge in [0.1, 0.15) is 6.61 Å². The summed E-state index contributed by atoms with van der Waals surface area (Å²) in [7, 11) is 0. The average molecular weight is 334 g/mol. The van der Waals surface area contributed by atoms with Crippen molar-refractivity contribution < 1.29 is 14.3 Å². The maximum Gasteiger partial charge on any atom is 0.410 e. The van der Waals surface area contributed by atoms with Gasteiger partial charge >= 0.3 is 6.09 Å². The fourth-order valence-electron chi connectivity index (χ4n) is 2.90. The molecule has 1 aromatic rings. The van der Waals surface area contributed by atoms with Gasteiger partial charge in [-0.3, -0.25) is 0 Å². The number of amides is 1. The molecule has 0 aliphatic carbocycles. The van der Waals surface area contributed by atoms with Crippen LogP contribution in [0.2, 0.25) is 0 Å².